The van der Waals surface area contributed by atoms with Gasteiger partial charge in [0.15, 0.2) is 0 Å². The lowest BCUT2D eigenvalue weighted by molar-refractivity contribution is -0.243. The van der Waals surface area contributed by atoms with E-state index in [1.807, 2.05) is 7.11 Å². The first kappa shape index (κ1) is 25.3. The van der Waals surface area contributed by atoms with Crippen molar-refractivity contribution in [3.63, 3.8) is 0 Å². The van der Waals surface area contributed by atoms with E-state index in [1.54, 1.807) is 0 Å². The first-order valence-corrected chi connectivity index (χ1v) is 14.6. The molecule has 2 nitrogen and oxygen atoms in total. The van der Waals surface area contributed by atoms with Crippen LogP contribution in [0, 0.1) is 63.1 Å². The number of fused-ring (bicyclic) bond motifs is 7. The molecular formula is C31H49ClO2. The predicted molar refractivity (Wildman–Crippen MR) is 141 cm³/mol. The number of hydrogen-bond acceptors (Lipinski definition) is 2. The number of allylic oxidation sites excluding steroid dienone is 1. The van der Waals surface area contributed by atoms with E-state index in [0.717, 1.165) is 18.3 Å². The molecule has 0 radical (unpaired) electrons. The van der Waals surface area contributed by atoms with Gasteiger partial charge in [-0.15, -0.1) is 0 Å². The predicted octanol–water partition coefficient (Wildman–Crippen LogP) is 8.28. The van der Waals surface area contributed by atoms with E-state index < -0.39 is 0 Å². The molecule has 11 atom stereocenters. The van der Waals surface area contributed by atoms with Gasteiger partial charge in [0, 0.05) is 13.0 Å². The molecule has 3 heteroatoms. The Labute approximate surface area is 214 Å². The van der Waals surface area contributed by atoms with Gasteiger partial charge in [0.05, 0.1) is 6.10 Å². The summed E-state index contributed by atoms with van der Waals surface area (Å²) in [5.41, 5.74) is 2.62. The molecule has 5 aliphatic carbocycles. The molecule has 5 aliphatic rings. The number of ether oxygens (including phenoxy) is 1. The molecule has 0 bridgehead atoms. The average molecular weight is 489 g/mol. The smallest absolute Gasteiger partial charge is 0.225 e. The van der Waals surface area contributed by atoms with Gasteiger partial charge in [0.25, 0.3) is 0 Å². The van der Waals surface area contributed by atoms with E-state index in [9.17, 15) is 4.79 Å². The Morgan fingerprint density at radius 3 is 2.18 bits per heavy atom. The number of hydrogen-bond donors (Lipinski definition) is 0. The lowest BCUT2D eigenvalue weighted by Crippen LogP contribution is -2.66. The maximum absolute atomic E-state index is 12.4. The van der Waals surface area contributed by atoms with Crippen molar-refractivity contribution in [1.29, 1.82) is 0 Å². The number of methoxy groups -OCH3 is 1. The molecule has 0 amide bonds. The van der Waals surface area contributed by atoms with Crippen LogP contribution >= 0.6 is 11.6 Å². The van der Waals surface area contributed by atoms with Gasteiger partial charge in [0.1, 0.15) is 0 Å². The standard InChI is InChI=1S/C31H49ClO2/c1-18(2)20-17-21(27(32)33)19-11-15-30(6)22(26(19)20)9-10-24-29(5)14-13-25(34-8)28(3,4)23(29)12-16-31(24,30)7/h19-26H,1,9-17H2,2-8H3/t19?,20-,21+,22+,23-,24+,25-,26+,29-,30+,31+/m0/s1. The zero-order chi connectivity index (χ0) is 24.8. The van der Waals surface area contributed by atoms with Gasteiger partial charge >= 0.3 is 0 Å². The van der Waals surface area contributed by atoms with Gasteiger partial charge in [-0.05, 0) is 133 Å². The Balaban J connectivity index is 1.52. The largest absolute Gasteiger partial charge is 0.381 e. The average Bonchev–Trinajstić information content (AvgIpc) is 3.14. The van der Waals surface area contributed by atoms with E-state index in [2.05, 4.69) is 48.1 Å². The van der Waals surface area contributed by atoms with Crippen LogP contribution in [0.15, 0.2) is 12.2 Å². The molecule has 0 saturated heterocycles. The van der Waals surface area contributed by atoms with E-state index in [-0.39, 0.29) is 16.6 Å². The minimum atomic E-state index is -0.0904. The van der Waals surface area contributed by atoms with E-state index in [0.29, 0.717) is 46.0 Å². The molecule has 0 N–H and O–H groups in total. The van der Waals surface area contributed by atoms with Crippen molar-refractivity contribution in [1.82, 2.24) is 0 Å². The Kier molecular flexibility index (Phi) is 6.01. The van der Waals surface area contributed by atoms with E-state index >= 15 is 0 Å². The first-order chi connectivity index (χ1) is 15.8. The van der Waals surface area contributed by atoms with Crippen LogP contribution < -0.4 is 0 Å². The molecule has 5 fully saturated rings. The summed E-state index contributed by atoms with van der Waals surface area (Å²) in [7, 11) is 1.92. The molecule has 192 valence electrons. The third kappa shape index (κ3) is 3.12. The zero-order valence-corrected chi connectivity index (χ0v) is 23.6. The minimum absolute atomic E-state index is 0.0434. The molecular weight excluding hydrogens is 440 g/mol. The first-order valence-electron chi connectivity index (χ1n) is 14.2. The maximum atomic E-state index is 12.4. The third-order valence-electron chi connectivity index (χ3n) is 13.5. The summed E-state index contributed by atoms with van der Waals surface area (Å²) in [4.78, 5) is 12.4. The topological polar surface area (TPSA) is 26.3 Å². The SMILES string of the molecule is C=C(C)[C@@H]1C[C@@H](C(=O)Cl)C2CC[C@]3(C)[C@H](CC[C@@H]4[C@@]5(C)CC[C@H](OC)C(C)(C)[C@@H]5CC[C@]43C)[C@H]21. The minimum Gasteiger partial charge on any atom is -0.381 e. The highest BCUT2D eigenvalue weighted by Crippen LogP contribution is 2.76. The molecule has 0 spiro atoms. The second kappa shape index (κ2) is 8.08. The van der Waals surface area contributed by atoms with Gasteiger partial charge in [-0.3, -0.25) is 4.79 Å². The van der Waals surface area contributed by atoms with Crippen molar-refractivity contribution in [3.8, 4) is 0 Å². The van der Waals surface area contributed by atoms with Gasteiger partial charge in [0.2, 0.25) is 5.24 Å². The molecule has 0 aromatic rings. The van der Waals surface area contributed by atoms with Crippen molar-refractivity contribution in [2.24, 2.45) is 63.1 Å². The zero-order valence-electron chi connectivity index (χ0n) is 22.9. The quantitative estimate of drug-likeness (QED) is 0.295. The highest BCUT2D eigenvalue weighted by molar-refractivity contribution is 6.64. The fourth-order valence-electron chi connectivity index (χ4n) is 11.9. The lowest BCUT2D eigenvalue weighted by atomic mass is 9.33. The van der Waals surface area contributed by atoms with Crippen LogP contribution in [0.1, 0.15) is 99.3 Å². The molecule has 34 heavy (non-hydrogen) atoms. The Hall–Kier alpha value is -0.340. The van der Waals surface area contributed by atoms with Crippen molar-refractivity contribution >= 4 is 16.8 Å². The highest BCUT2D eigenvalue weighted by Gasteiger charge is 2.69. The maximum Gasteiger partial charge on any atom is 0.225 e. The van der Waals surface area contributed by atoms with Crippen LogP contribution in [-0.2, 0) is 9.53 Å². The normalized spacial score (nSPS) is 53.8. The van der Waals surface area contributed by atoms with Crippen molar-refractivity contribution < 1.29 is 9.53 Å². The van der Waals surface area contributed by atoms with Crippen molar-refractivity contribution in [2.75, 3.05) is 7.11 Å². The summed E-state index contributed by atoms with van der Waals surface area (Å²) in [5, 5.41) is -0.0904. The van der Waals surface area contributed by atoms with Crippen LogP contribution in [0.3, 0.4) is 0 Å². The summed E-state index contributed by atoms with van der Waals surface area (Å²) >= 11 is 6.19. The van der Waals surface area contributed by atoms with Crippen LogP contribution in [-0.4, -0.2) is 18.5 Å². The molecule has 0 heterocycles. The summed E-state index contributed by atoms with van der Waals surface area (Å²) < 4.78 is 6.03. The molecule has 0 aromatic heterocycles. The monoisotopic (exact) mass is 488 g/mol. The fraction of sp³-hybridized carbons (Fsp3) is 0.903. The van der Waals surface area contributed by atoms with Crippen LogP contribution in [0.5, 0.6) is 0 Å². The summed E-state index contributed by atoms with van der Waals surface area (Å²) in [6, 6.07) is 0. The second-order valence-electron chi connectivity index (χ2n) is 14.6. The van der Waals surface area contributed by atoms with Gasteiger partial charge in [-0.25, -0.2) is 0 Å². The van der Waals surface area contributed by atoms with Crippen LogP contribution in [0.25, 0.3) is 0 Å². The summed E-state index contributed by atoms with van der Waals surface area (Å²) in [6.45, 7) is 19.6. The molecule has 1 unspecified atom stereocenters. The highest BCUT2D eigenvalue weighted by atomic mass is 35.5. The van der Waals surface area contributed by atoms with Crippen LogP contribution in [0.2, 0.25) is 0 Å². The Morgan fingerprint density at radius 2 is 1.56 bits per heavy atom. The lowest BCUT2D eigenvalue weighted by Gasteiger charge is -2.72. The third-order valence-corrected chi connectivity index (χ3v) is 13.8. The van der Waals surface area contributed by atoms with E-state index in [1.165, 1.54) is 56.9 Å². The van der Waals surface area contributed by atoms with Crippen LogP contribution in [0.4, 0.5) is 0 Å². The summed E-state index contributed by atoms with van der Waals surface area (Å²) in [5.74, 6) is 3.77. The number of rotatable bonds is 3. The molecule has 5 saturated carbocycles. The van der Waals surface area contributed by atoms with E-state index in [4.69, 9.17) is 16.3 Å². The number of carbonyl (C=O) groups is 1. The molecule has 0 aromatic carbocycles. The van der Waals surface area contributed by atoms with Gasteiger partial charge < -0.3 is 4.74 Å². The fourth-order valence-corrected chi connectivity index (χ4v) is 12.1. The van der Waals surface area contributed by atoms with Gasteiger partial charge in [-0.1, -0.05) is 46.8 Å². The molecule has 5 rings (SSSR count). The number of halogens is 1. The summed E-state index contributed by atoms with van der Waals surface area (Å²) in [6.07, 6.45) is 11.6. The second-order valence-corrected chi connectivity index (χ2v) is 15.0. The van der Waals surface area contributed by atoms with Gasteiger partial charge in [-0.2, -0.15) is 0 Å². The Bertz CT molecular complexity index is 863. The van der Waals surface area contributed by atoms with Crippen molar-refractivity contribution in [2.45, 2.75) is 105 Å². The van der Waals surface area contributed by atoms with Crippen molar-refractivity contribution in [3.05, 3.63) is 12.2 Å². The Morgan fingerprint density at radius 1 is 0.882 bits per heavy atom. The molecule has 0 aliphatic heterocycles. The number of carbonyl (C=O) groups excluding carboxylic acids is 1.